The molecule has 94 valence electrons. The number of primary amides is 1. The van der Waals surface area contributed by atoms with E-state index >= 15 is 0 Å². The maximum atomic E-state index is 11.3. The monoisotopic (exact) mass is 244 g/mol. The molecule has 0 saturated heterocycles. The molecule has 4 heteroatoms. The highest BCUT2D eigenvalue weighted by molar-refractivity contribution is 7.99. The molecule has 16 heavy (non-hydrogen) atoms. The van der Waals surface area contributed by atoms with Gasteiger partial charge in [0.25, 0.3) is 0 Å². The highest BCUT2D eigenvalue weighted by atomic mass is 32.2. The topological polar surface area (TPSA) is 69.1 Å². The van der Waals surface area contributed by atoms with E-state index in [4.69, 9.17) is 11.5 Å². The van der Waals surface area contributed by atoms with E-state index in [1.165, 1.54) is 31.4 Å². The quantitative estimate of drug-likeness (QED) is 0.702. The molecule has 1 saturated carbocycles. The first-order valence-electron chi connectivity index (χ1n) is 6.29. The van der Waals surface area contributed by atoms with Crippen LogP contribution in [0.2, 0.25) is 0 Å². The Labute approximate surface area is 103 Å². The second kappa shape index (κ2) is 6.50. The van der Waals surface area contributed by atoms with E-state index in [1.54, 1.807) is 0 Å². The van der Waals surface area contributed by atoms with Gasteiger partial charge in [0.15, 0.2) is 0 Å². The van der Waals surface area contributed by atoms with Crippen LogP contribution in [0.15, 0.2) is 0 Å². The summed E-state index contributed by atoms with van der Waals surface area (Å²) in [4.78, 5) is 11.3. The van der Waals surface area contributed by atoms with Crippen molar-refractivity contribution in [3.05, 3.63) is 0 Å². The van der Waals surface area contributed by atoms with Gasteiger partial charge in [-0.15, -0.1) is 0 Å². The van der Waals surface area contributed by atoms with Gasteiger partial charge in [0.1, 0.15) is 0 Å². The molecule has 1 fully saturated rings. The lowest BCUT2D eigenvalue weighted by Crippen LogP contribution is -2.55. The Balaban J connectivity index is 2.30. The first-order valence-corrected chi connectivity index (χ1v) is 7.34. The maximum Gasteiger partial charge on any atom is 0.237 e. The highest BCUT2D eigenvalue weighted by Crippen LogP contribution is 2.33. The molecule has 0 aliphatic heterocycles. The fourth-order valence-electron chi connectivity index (χ4n) is 2.22. The molecule has 0 spiro atoms. The molecule has 0 heterocycles. The van der Waals surface area contributed by atoms with E-state index in [-0.39, 0.29) is 5.91 Å². The minimum atomic E-state index is -0.735. The Morgan fingerprint density at radius 1 is 1.50 bits per heavy atom. The molecule has 1 aliphatic carbocycles. The summed E-state index contributed by atoms with van der Waals surface area (Å²) < 4.78 is 0. The second-order valence-electron chi connectivity index (χ2n) is 4.82. The fraction of sp³-hybridized carbons (Fsp3) is 0.917. The van der Waals surface area contributed by atoms with Crippen molar-refractivity contribution in [1.82, 2.24) is 0 Å². The van der Waals surface area contributed by atoms with E-state index < -0.39 is 5.54 Å². The summed E-state index contributed by atoms with van der Waals surface area (Å²) in [5.74, 6) is 0.860. The Bertz CT molecular complexity index is 235. The van der Waals surface area contributed by atoms with Gasteiger partial charge >= 0.3 is 0 Å². The smallest absolute Gasteiger partial charge is 0.237 e. The van der Waals surface area contributed by atoms with Crippen LogP contribution in [-0.4, -0.2) is 22.4 Å². The molecule has 0 aromatic rings. The molecular formula is C12H24N2OS. The summed E-state index contributed by atoms with van der Waals surface area (Å²) in [6, 6.07) is 0. The third-order valence-corrected chi connectivity index (χ3v) is 4.73. The number of carbonyl (C=O) groups excluding carboxylic acids is 1. The van der Waals surface area contributed by atoms with Crippen LogP contribution in [0.1, 0.15) is 51.9 Å². The Morgan fingerprint density at radius 2 is 2.25 bits per heavy atom. The van der Waals surface area contributed by atoms with Crippen LogP contribution in [0.5, 0.6) is 0 Å². The molecule has 0 radical (unpaired) electrons. The van der Waals surface area contributed by atoms with Crippen molar-refractivity contribution in [2.24, 2.45) is 11.5 Å². The molecule has 2 atom stereocenters. The number of carbonyl (C=O) groups is 1. The minimum Gasteiger partial charge on any atom is -0.368 e. The van der Waals surface area contributed by atoms with Crippen LogP contribution in [0, 0.1) is 0 Å². The third-order valence-electron chi connectivity index (χ3n) is 3.33. The number of unbranched alkanes of at least 4 members (excludes halogenated alkanes) is 2. The predicted molar refractivity (Wildman–Crippen MR) is 70.4 cm³/mol. The summed E-state index contributed by atoms with van der Waals surface area (Å²) in [6.07, 6.45) is 7.56. The first-order chi connectivity index (χ1) is 7.58. The molecule has 1 amide bonds. The molecule has 0 aromatic carbocycles. The molecule has 0 bridgehead atoms. The van der Waals surface area contributed by atoms with Crippen LogP contribution in [0.25, 0.3) is 0 Å². The summed E-state index contributed by atoms with van der Waals surface area (Å²) in [6.45, 7) is 2.21. The molecule has 0 aromatic heterocycles. The molecular weight excluding hydrogens is 220 g/mol. The Morgan fingerprint density at radius 3 is 2.88 bits per heavy atom. The summed E-state index contributed by atoms with van der Waals surface area (Å²) >= 11 is 1.97. The summed E-state index contributed by atoms with van der Waals surface area (Å²) in [5.41, 5.74) is 10.7. The number of hydrogen-bond acceptors (Lipinski definition) is 3. The standard InChI is InChI=1S/C12H24N2OS/c1-2-3-4-8-16-10-6-5-7-12(14,9-10)11(13)15/h10H,2-9,14H2,1H3,(H2,13,15). The second-order valence-corrected chi connectivity index (χ2v) is 6.22. The molecule has 1 rings (SSSR count). The average molecular weight is 244 g/mol. The fourth-order valence-corrected chi connectivity index (χ4v) is 3.68. The number of rotatable bonds is 6. The Kier molecular flexibility index (Phi) is 5.62. The van der Waals surface area contributed by atoms with E-state index in [1.807, 2.05) is 11.8 Å². The zero-order valence-corrected chi connectivity index (χ0v) is 11.0. The van der Waals surface area contributed by atoms with Crippen LogP contribution in [0.4, 0.5) is 0 Å². The summed E-state index contributed by atoms with van der Waals surface area (Å²) in [7, 11) is 0. The van der Waals surface area contributed by atoms with Gasteiger partial charge in [-0.3, -0.25) is 4.79 Å². The lowest BCUT2D eigenvalue weighted by atomic mass is 9.82. The van der Waals surface area contributed by atoms with Crippen molar-refractivity contribution in [2.45, 2.75) is 62.7 Å². The lowest BCUT2D eigenvalue weighted by molar-refractivity contribution is -0.124. The minimum absolute atomic E-state index is 0.327. The number of hydrogen-bond donors (Lipinski definition) is 2. The number of thioether (sulfide) groups is 1. The van der Waals surface area contributed by atoms with Crippen LogP contribution in [0.3, 0.4) is 0 Å². The van der Waals surface area contributed by atoms with Crippen molar-refractivity contribution in [3.63, 3.8) is 0 Å². The lowest BCUT2D eigenvalue weighted by Gasteiger charge is -2.35. The van der Waals surface area contributed by atoms with Crippen LogP contribution < -0.4 is 11.5 Å². The van der Waals surface area contributed by atoms with E-state index in [0.717, 1.165) is 19.3 Å². The summed E-state index contributed by atoms with van der Waals surface area (Å²) in [5, 5.41) is 0.531. The van der Waals surface area contributed by atoms with E-state index in [0.29, 0.717) is 5.25 Å². The zero-order chi connectivity index (χ0) is 12.0. The van der Waals surface area contributed by atoms with Gasteiger partial charge in [-0.1, -0.05) is 19.8 Å². The largest absolute Gasteiger partial charge is 0.368 e. The van der Waals surface area contributed by atoms with Crippen molar-refractivity contribution < 1.29 is 4.79 Å². The molecule has 4 N–H and O–H groups in total. The zero-order valence-electron chi connectivity index (χ0n) is 10.2. The van der Waals surface area contributed by atoms with Crippen molar-refractivity contribution >= 4 is 17.7 Å². The van der Waals surface area contributed by atoms with E-state index in [9.17, 15) is 4.79 Å². The normalized spacial score (nSPS) is 30.2. The maximum absolute atomic E-state index is 11.3. The van der Waals surface area contributed by atoms with Gasteiger partial charge in [-0.25, -0.2) is 0 Å². The van der Waals surface area contributed by atoms with Gasteiger partial charge < -0.3 is 11.5 Å². The molecule has 1 aliphatic rings. The van der Waals surface area contributed by atoms with Crippen LogP contribution >= 0.6 is 11.8 Å². The number of nitrogens with two attached hydrogens (primary N) is 2. The van der Waals surface area contributed by atoms with Crippen molar-refractivity contribution in [1.29, 1.82) is 0 Å². The van der Waals surface area contributed by atoms with E-state index in [2.05, 4.69) is 6.92 Å². The van der Waals surface area contributed by atoms with Crippen LogP contribution in [-0.2, 0) is 4.79 Å². The van der Waals surface area contributed by atoms with Crippen molar-refractivity contribution in [3.8, 4) is 0 Å². The van der Waals surface area contributed by atoms with Gasteiger partial charge in [0.05, 0.1) is 5.54 Å². The highest BCUT2D eigenvalue weighted by Gasteiger charge is 2.37. The molecule has 3 nitrogen and oxygen atoms in total. The Hall–Kier alpha value is -0.220. The van der Waals surface area contributed by atoms with Gasteiger partial charge in [0, 0.05) is 5.25 Å². The molecule has 2 unspecified atom stereocenters. The SMILES string of the molecule is CCCCCSC1CCCC(N)(C(N)=O)C1. The number of amides is 1. The van der Waals surface area contributed by atoms with Gasteiger partial charge in [-0.05, 0) is 37.9 Å². The van der Waals surface area contributed by atoms with Crippen molar-refractivity contribution in [2.75, 3.05) is 5.75 Å². The van der Waals surface area contributed by atoms with Gasteiger partial charge in [0.2, 0.25) is 5.91 Å². The first kappa shape index (κ1) is 13.8. The predicted octanol–water partition coefficient (Wildman–Crippen LogP) is 2.04. The average Bonchev–Trinajstić information content (AvgIpc) is 2.24. The van der Waals surface area contributed by atoms with Gasteiger partial charge in [-0.2, -0.15) is 11.8 Å². The third kappa shape index (κ3) is 3.98.